The summed E-state index contributed by atoms with van der Waals surface area (Å²) in [6.07, 6.45) is 0. The molecule has 0 bridgehead atoms. The fourth-order valence-corrected chi connectivity index (χ4v) is 5.53. The zero-order valence-electron chi connectivity index (χ0n) is 22.1. The molecule has 39 heavy (non-hydrogen) atoms. The predicted molar refractivity (Wildman–Crippen MR) is 167 cm³/mol. The zero-order chi connectivity index (χ0) is 26.3. The van der Waals surface area contributed by atoms with E-state index >= 15 is 0 Å². The Bertz CT molecular complexity index is 1910. The first-order valence-electron chi connectivity index (χ1n) is 13.4. The van der Waals surface area contributed by atoms with Crippen LogP contribution in [0.4, 0.5) is 0 Å². The molecule has 1 aromatic heterocycles. The van der Waals surface area contributed by atoms with Crippen LogP contribution in [0.25, 0.3) is 65.7 Å². The minimum atomic E-state index is 0.860. The monoisotopic (exact) mass is 500 g/mol. The molecule has 0 atom stereocenters. The molecule has 0 saturated carbocycles. The Morgan fingerprint density at radius 2 is 0.718 bits per heavy atom. The Morgan fingerprint density at radius 3 is 1.15 bits per heavy atom. The molecule has 0 aliphatic carbocycles. The molecule has 186 valence electrons. The second-order valence-electron chi connectivity index (χ2n) is 10.3. The summed E-state index contributed by atoms with van der Waals surface area (Å²) < 4.78 is 6.70. The van der Waals surface area contributed by atoms with Crippen molar-refractivity contribution in [3.05, 3.63) is 145 Å². The van der Waals surface area contributed by atoms with Crippen molar-refractivity contribution in [1.29, 1.82) is 0 Å². The highest BCUT2D eigenvalue weighted by molar-refractivity contribution is 6.19. The lowest BCUT2D eigenvalue weighted by Crippen LogP contribution is -1.83. The maximum Gasteiger partial charge on any atom is 0.135 e. The van der Waals surface area contributed by atoms with E-state index in [-0.39, 0.29) is 0 Å². The minimum Gasteiger partial charge on any atom is -0.456 e. The molecule has 7 aromatic rings. The van der Waals surface area contributed by atoms with E-state index in [9.17, 15) is 0 Å². The van der Waals surface area contributed by atoms with Crippen LogP contribution in [0.2, 0.25) is 0 Å². The zero-order valence-corrected chi connectivity index (χ0v) is 22.1. The van der Waals surface area contributed by atoms with E-state index in [4.69, 9.17) is 4.42 Å². The van der Waals surface area contributed by atoms with Gasteiger partial charge in [0.15, 0.2) is 0 Å². The molecule has 1 heterocycles. The first-order valence-corrected chi connectivity index (χ1v) is 13.4. The quantitative estimate of drug-likeness (QED) is 0.230. The maximum absolute atomic E-state index is 6.70. The largest absolute Gasteiger partial charge is 0.456 e. The summed E-state index contributed by atoms with van der Waals surface area (Å²) in [6, 6.07) is 47.9. The van der Waals surface area contributed by atoms with Crippen molar-refractivity contribution in [1.82, 2.24) is 0 Å². The van der Waals surface area contributed by atoms with Crippen molar-refractivity contribution in [3.8, 4) is 22.3 Å². The average Bonchev–Trinajstić information content (AvgIpc) is 3.02. The average molecular weight is 501 g/mol. The van der Waals surface area contributed by atoms with E-state index in [1.54, 1.807) is 0 Å². The van der Waals surface area contributed by atoms with E-state index in [2.05, 4.69) is 135 Å². The molecule has 0 spiro atoms. The Hall–Kier alpha value is -4.88. The molecule has 1 nitrogen and oxygen atoms in total. The van der Waals surface area contributed by atoms with E-state index in [1.165, 1.54) is 54.9 Å². The van der Waals surface area contributed by atoms with E-state index in [0.717, 1.165) is 21.9 Å². The van der Waals surface area contributed by atoms with E-state index in [1.807, 2.05) is 12.1 Å². The normalized spacial score (nSPS) is 11.3. The summed E-state index contributed by atoms with van der Waals surface area (Å²) in [4.78, 5) is 0. The maximum atomic E-state index is 6.70. The van der Waals surface area contributed by atoms with E-state index in [0.29, 0.717) is 0 Å². The van der Waals surface area contributed by atoms with Crippen LogP contribution in [0.5, 0.6) is 0 Å². The van der Waals surface area contributed by atoms with Gasteiger partial charge in [0.05, 0.1) is 0 Å². The van der Waals surface area contributed by atoms with Gasteiger partial charge < -0.3 is 4.42 Å². The molecule has 7 rings (SSSR count). The highest BCUT2D eigenvalue weighted by atomic mass is 16.3. The second-order valence-corrected chi connectivity index (χ2v) is 10.3. The van der Waals surface area contributed by atoms with Crippen LogP contribution in [-0.2, 0) is 0 Å². The van der Waals surface area contributed by atoms with Crippen molar-refractivity contribution in [2.45, 2.75) is 13.8 Å². The lowest BCUT2D eigenvalue weighted by molar-refractivity contribution is 0.663. The molecular formula is C38H28O. The number of hydrogen-bond acceptors (Lipinski definition) is 1. The fraction of sp³-hybridized carbons (Fsp3) is 0.0526. The molecule has 0 aliphatic heterocycles. The molecule has 1 heteroatoms. The number of rotatable bonds is 2. The number of para-hydroxylation sites is 2. The molecule has 0 saturated heterocycles. The highest BCUT2D eigenvalue weighted by Gasteiger charge is 2.10. The second kappa shape index (κ2) is 9.45. The molecule has 0 fully saturated rings. The third-order valence-electron chi connectivity index (χ3n) is 7.67. The Labute approximate surface area is 228 Å². The van der Waals surface area contributed by atoms with Gasteiger partial charge in [-0.05, 0) is 81.9 Å². The van der Waals surface area contributed by atoms with Crippen molar-refractivity contribution < 1.29 is 4.42 Å². The number of aryl methyl sites for hydroxylation is 2. The van der Waals surface area contributed by atoms with Crippen LogP contribution in [0.1, 0.15) is 11.1 Å². The van der Waals surface area contributed by atoms with Crippen LogP contribution >= 0.6 is 0 Å². The molecule has 6 aromatic carbocycles. The number of hydrogen-bond donors (Lipinski definition) is 0. The van der Waals surface area contributed by atoms with Gasteiger partial charge in [-0.2, -0.15) is 0 Å². The van der Waals surface area contributed by atoms with Crippen molar-refractivity contribution in [3.63, 3.8) is 0 Å². The van der Waals surface area contributed by atoms with Crippen molar-refractivity contribution in [2.75, 3.05) is 0 Å². The van der Waals surface area contributed by atoms with Crippen LogP contribution < -0.4 is 0 Å². The lowest BCUT2D eigenvalue weighted by Gasteiger charge is -2.09. The molecule has 0 amide bonds. The van der Waals surface area contributed by atoms with Gasteiger partial charge in [-0.15, -0.1) is 0 Å². The van der Waals surface area contributed by atoms with Gasteiger partial charge in [-0.25, -0.2) is 0 Å². The fourth-order valence-electron chi connectivity index (χ4n) is 5.53. The van der Waals surface area contributed by atoms with Gasteiger partial charge in [-0.1, -0.05) is 120 Å². The third kappa shape index (κ3) is 4.23. The summed E-state index contributed by atoms with van der Waals surface area (Å²) in [5, 5.41) is 6.91. The molecule has 0 N–H and O–H groups in total. The summed E-state index contributed by atoms with van der Waals surface area (Å²) in [6.45, 7) is 4.25. The van der Waals surface area contributed by atoms with Crippen molar-refractivity contribution in [2.24, 2.45) is 0 Å². The Morgan fingerprint density at radius 1 is 0.333 bits per heavy atom. The summed E-state index contributed by atoms with van der Waals surface area (Å²) in [5.41, 5.74) is 9.04. The lowest BCUT2D eigenvalue weighted by atomic mass is 9.95. The Balaban J connectivity index is 1.66. The summed E-state index contributed by atoms with van der Waals surface area (Å²) in [7, 11) is 0. The Kier molecular flexibility index (Phi) is 5.64. The molecule has 0 aliphatic rings. The van der Waals surface area contributed by atoms with Crippen LogP contribution in [-0.4, -0.2) is 0 Å². The predicted octanol–water partition coefficient (Wildman–Crippen LogP) is 11.0. The van der Waals surface area contributed by atoms with Gasteiger partial charge in [-0.3, -0.25) is 0 Å². The molecular weight excluding hydrogens is 472 g/mol. The molecule has 0 radical (unpaired) electrons. The number of fused-ring (bicyclic) bond motifs is 7. The third-order valence-corrected chi connectivity index (χ3v) is 7.67. The van der Waals surface area contributed by atoms with Gasteiger partial charge in [0.2, 0.25) is 0 Å². The van der Waals surface area contributed by atoms with Gasteiger partial charge in [0.25, 0.3) is 0 Å². The highest BCUT2D eigenvalue weighted by Crippen LogP contribution is 2.36. The topological polar surface area (TPSA) is 13.1 Å². The standard InChI is InChI=1S/C38H28O/c1-25-11-15-27(16-12-25)29-19-21-31-32-22-20-30(28-17-13-26(2)14-18-28)24-36(32)34-8-4-6-10-38(34)39-37-9-5-3-7-33(37)35(31)23-29/h3-24H,1-2H3. The van der Waals surface area contributed by atoms with Gasteiger partial charge >= 0.3 is 0 Å². The summed E-state index contributed by atoms with van der Waals surface area (Å²) in [5.74, 6) is 0. The van der Waals surface area contributed by atoms with Crippen molar-refractivity contribution >= 4 is 43.5 Å². The minimum absolute atomic E-state index is 0.860. The van der Waals surface area contributed by atoms with Gasteiger partial charge in [0.1, 0.15) is 11.2 Å². The van der Waals surface area contributed by atoms with Gasteiger partial charge in [0, 0.05) is 10.8 Å². The number of benzene rings is 6. The SMILES string of the molecule is Cc1ccc(-c2ccc3c(c2)c2ccccc2oc2ccccc2c2cc(-c4ccc(C)cc4)ccc23)cc1. The molecule has 0 unspecified atom stereocenters. The van der Waals surface area contributed by atoms with Crippen LogP contribution in [0, 0.1) is 13.8 Å². The van der Waals surface area contributed by atoms with Crippen LogP contribution in [0.15, 0.2) is 138 Å². The first-order chi connectivity index (χ1) is 19.1. The summed E-state index contributed by atoms with van der Waals surface area (Å²) >= 11 is 0. The first kappa shape index (κ1) is 23.3. The smallest absolute Gasteiger partial charge is 0.135 e. The van der Waals surface area contributed by atoms with Crippen LogP contribution in [0.3, 0.4) is 0 Å². The van der Waals surface area contributed by atoms with E-state index < -0.39 is 0 Å².